The Balaban J connectivity index is 2.20. The molecule has 0 bridgehead atoms. The van der Waals surface area contributed by atoms with Gasteiger partial charge in [-0.15, -0.1) is 0 Å². The predicted octanol–water partition coefficient (Wildman–Crippen LogP) is 3.67. The minimum absolute atomic E-state index is 0.217. The molecule has 1 aromatic carbocycles. The Bertz CT molecular complexity index is 926. The molecule has 1 N–H and O–H groups in total. The summed E-state index contributed by atoms with van der Waals surface area (Å²) < 4.78 is 6.73. The molecule has 6 nitrogen and oxygen atoms in total. The molecular weight excluding hydrogens is 292 g/mol. The number of nitrogens with zero attached hydrogens (tertiary/aromatic N) is 3. The third kappa shape index (κ3) is 2.36. The molecule has 3 rings (SSSR count). The summed E-state index contributed by atoms with van der Waals surface area (Å²) in [5, 5.41) is 3.15. The number of carbonyl (C=O) groups excluding carboxylic acids is 1. The Hall–Kier alpha value is -3.07. The lowest BCUT2D eigenvalue weighted by Crippen LogP contribution is -2.04. The van der Waals surface area contributed by atoms with E-state index in [1.165, 1.54) is 0 Å². The number of nitrogens with one attached hydrogen (secondary N) is 1. The molecule has 0 radical (unpaired) electrons. The van der Waals surface area contributed by atoms with Crippen molar-refractivity contribution in [3.63, 3.8) is 0 Å². The average Bonchev–Trinajstić information content (AvgIpc) is 3.06. The van der Waals surface area contributed by atoms with Gasteiger partial charge in [0.05, 0.1) is 13.2 Å². The van der Waals surface area contributed by atoms with Crippen molar-refractivity contribution in [2.45, 2.75) is 20.8 Å². The van der Waals surface area contributed by atoms with Crippen LogP contribution < -0.4 is 0 Å². The SMILES string of the molecule is [C-]#[N+]c1c(C(=O)OCC)c2nc(-c3ccc(C)cc3)[nH]n2c1C. The number of fused-ring (bicyclic) bond motifs is 1. The van der Waals surface area contributed by atoms with Gasteiger partial charge in [-0.05, 0) is 20.8 Å². The Labute approximate surface area is 133 Å². The van der Waals surface area contributed by atoms with Crippen molar-refractivity contribution in [2.75, 3.05) is 6.61 Å². The second kappa shape index (κ2) is 5.61. The van der Waals surface area contributed by atoms with E-state index in [4.69, 9.17) is 11.3 Å². The summed E-state index contributed by atoms with van der Waals surface area (Å²) in [6.07, 6.45) is 0. The first kappa shape index (κ1) is 14.9. The minimum atomic E-state index is -0.522. The lowest BCUT2D eigenvalue weighted by molar-refractivity contribution is 0.0530. The summed E-state index contributed by atoms with van der Waals surface area (Å²) in [7, 11) is 0. The quantitative estimate of drug-likeness (QED) is 0.593. The molecule has 0 atom stereocenters. The van der Waals surface area contributed by atoms with Crippen molar-refractivity contribution < 1.29 is 9.53 Å². The molecule has 0 aliphatic carbocycles. The van der Waals surface area contributed by atoms with Crippen LogP contribution in [0.25, 0.3) is 21.9 Å². The number of ether oxygens (including phenoxy) is 1. The van der Waals surface area contributed by atoms with Gasteiger partial charge in [-0.1, -0.05) is 29.8 Å². The second-order valence-electron chi connectivity index (χ2n) is 5.24. The summed E-state index contributed by atoms with van der Waals surface area (Å²) in [6, 6.07) is 7.92. The number of carbonyl (C=O) groups is 1. The van der Waals surface area contributed by atoms with E-state index in [2.05, 4.69) is 14.9 Å². The highest BCUT2D eigenvalue weighted by molar-refractivity contribution is 6.03. The molecule has 2 aromatic heterocycles. The second-order valence-corrected chi connectivity index (χ2v) is 5.24. The van der Waals surface area contributed by atoms with Crippen LogP contribution >= 0.6 is 0 Å². The van der Waals surface area contributed by atoms with Crippen LogP contribution in [0.15, 0.2) is 24.3 Å². The van der Waals surface area contributed by atoms with E-state index in [1.54, 1.807) is 18.4 Å². The Morgan fingerprint density at radius 3 is 2.65 bits per heavy atom. The summed E-state index contributed by atoms with van der Waals surface area (Å²) in [5.74, 6) is 0.122. The van der Waals surface area contributed by atoms with Crippen LogP contribution in [0.3, 0.4) is 0 Å². The van der Waals surface area contributed by atoms with Gasteiger partial charge in [0.15, 0.2) is 11.5 Å². The zero-order valence-electron chi connectivity index (χ0n) is 13.2. The molecular formula is C17H16N4O2. The number of hydrogen-bond donors (Lipinski definition) is 1. The third-order valence-electron chi connectivity index (χ3n) is 3.70. The maximum absolute atomic E-state index is 12.2. The van der Waals surface area contributed by atoms with Gasteiger partial charge in [0, 0.05) is 11.3 Å². The highest BCUT2D eigenvalue weighted by Crippen LogP contribution is 2.32. The zero-order chi connectivity index (χ0) is 16.6. The predicted molar refractivity (Wildman–Crippen MR) is 86.7 cm³/mol. The highest BCUT2D eigenvalue weighted by Gasteiger charge is 2.25. The number of esters is 1. The van der Waals surface area contributed by atoms with Crippen LogP contribution in [0.1, 0.15) is 28.5 Å². The van der Waals surface area contributed by atoms with Gasteiger partial charge >= 0.3 is 5.97 Å². The maximum Gasteiger partial charge on any atom is 0.331 e. The number of aromatic nitrogens is 3. The maximum atomic E-state index is 12.2. The van der Waals surface area contributed by atoms with E-state index in [-0.39, 0.29) is 17.9 Å². The van der Waals surface area contributed by atoms with Crippen LogP contribution in [0, 0.1) is 20.4 Å². The van der Waals surface area contributed by atoms with E-state index in [9.17, 15) is 4.79 Å². The number of aryl methyl sites for hydroxylation is 2. The smallest absolute Gasteiger partial charge is 0.331 e. The van der Waals surface area contributed by atoms with Gasteiger partial charge in [0.2, 0.25) is 5.69 Å². The summed E-state index contributed by atoms with van der Waals surface area (Å²) >= 11 is 0. The first-order valence-corrected chi connectivity index (χ1v) is 7.29. The van der Waals surface area contributed by atoms with Gasteiger partial charge in [-0.25, -0.2) is 14.6 Å². The highest BCUT2D eigenvalue weighted by atomic mass is 16.5. The molecule has 23 heavy (non-hydrogen) atoms. The molecule has 6 heteroatoms. The van der Waals surface area contributed by atoms with Crippen molar-refractivity contribution in [2.24, 2.45) is 0 Å². The van der Waals surface area contributed by atoms with Crippen LogP contribution in [-0.2, 0) is 4.74 Å². The van der Waals surface area contributed by atoms with Crippen LogP contribution in [0.5, 0.6) is 0 Å². The zero-order valence-corrected chi connectivity index (χ0v) is 13.2. The Kier molecular flexibility index (Phi) is 3.62. The molecule has 116 valence electrons. The largest absolute Gasteiger partial charge is 0.463 e. The van der Waals surface area contributed by atoms with Gasteiger partial charge in [-0.2, -0.15) is 0 Å². The van der Waals surface area contributed by atoms with Crippen molar-refractivity contribution in [3.8, 4) is 11.4 Å². The monoisotopic (exact) mass is 308 g/mol. The number of H-pyrrole nitrogens is 1. The lowest BCUT2D eigenvalue weighted by Gasteiger charge is -2.00. The third-order valence-corrected chi connectivity index (χ3v) is 3.70. The number of benzene rings is 1. The normalized spacial score (nSPS) is 10.7. The van der Waals surface area contributed by atoms with Crippen molar-refractivity contribution in [1.29, 1.82) is 0 Å². The molecule has 0 saturated heterocycles. The summed E-state index contributed by atoms with van der Waals surface area (Å²) in [4.78, 5) is 20.2. The first-order valence-electron chi connectivity index (χ1n) is 7.29. The summed E-state index contributed by atoms with van der Waals surface area (Å²) in [6.45, 7) is 13.1. The number of aromatic amines is 1. The van der Waals surface area contributed by atoms with Crippen LogP contribution in [0.2, 0.25) is 0 Å². The summed E-state index contributed by atoms with van der Waals surface area (Å²) in [5.41, 5.74) is 3.63. The van der Waals surface area contributed by atoms with E-state index in [0.29, 0.717) is 17.2 Å². The topological polar surface area (TPSA) is 63.8 Å². The van der Waals surface area contributed by atoms with Crippen LogP contribution in [-0.4, -0.2) is 27.2 Å². The van der Waals surface area contributed by atoms with E-state index in [1.807, 2.05) is 31.2 Å². The Morgan fingerprint density at radius 1 is 1.35 bits per heavy atom. The van der Waals surface area contributed by atoms with E-state index >= 15 is 0 Å². The van der Waals surface area contributed by atoms with Crippen LogP contribution in [0.4, 0.5) is 5.69 Å². The van der Waals surface area contributed by atoms with E-state index < -0.39 is 5.97 Å². The van der Waals surface area contributed by atoms with Gasteiger partial charge in [0.1, 0.15) is 5.56 Å². The molecule has 2 heterocycles. The Morgan fingerprint density at radius 2 is 2.04 bits per heavy atom. The van der Waals surface area contributed by atoms with Crippen molar-refractivity contribution >= 4 is 17.3 Å². The molecule has 0 fully saturated rings. The number of hydrogen-bond acceptors (Lipinski definition) is 3. The average molecular weight is 308 g/mol. The molecule has 0 saturated carbocycles. The fourth-order valence-corrected chi connectivity index (χ4v) is 2.51. The first-order chi connectivity index (χ1) is 11.1. The molecule has 0 spiro atoms. The fraction of sp³-hybridized carbons (Fsp3) is 0.235. The van der Waals surface area contributed by atoms with Gasteiger partial charge in [-0.3, -0.25) is 9.61 Å². The molecule has 0 aliphatic rings. The number of rotatable bonds is 3. The van der Waals surface area contributed by atoms with Crippen molar-refractivity contribution in [3.05, 3.63) is 52.5 Å². The molecule has 0 unspecified atom stereocenters. The molecule has 0 amide bonds. The van der Waals surface area contributed by atoms with E-state index in [0.717, 1.165) is 11.1 Å². The molecule has 0 aliphatic heterocycles. The minimum Gasteiger partial charge on any atom is -0.463 e. The molecule has 3 aromatic rings. The lowest BCUT2D eigenvalue weighted by atomic mass is 10.1. The standard InChI is InChI=1S/C17H16N4O2/c1-5-23-17(22)13-14(18-4)11(3)21-16(13)19-15(20-21)12-8-6-10(2)7-9-12/h6-9H,5H2,1-3H3,(H,19,20). The van der Waals surface area contributed by atoms with Gasteiger partial charge in [0.25, 0.3) is 0 Å². The fourth-order valence-electron chi connectivity index (χ4n) is 2.51. The van der Waals surface area contributed by atoms with Crippen molar-refractivity contribution in [1.82, 2.24) is 14.6 Å². The van der Waals surface area contributed by atoms with Gasteiger partial charge < -0.3 is 4.74 Å².